The molecule has 1 saturated heterocycles. The van der Waals surface area contributed by atoms with E-state index >= 15 is 0 Å². The van der Waals surface area contributed by atoms with Crippen LogP contribution in [0.1, 0.15) is 21.7 Å². The summed E-state index contributed by atoms with van der Waals surface area (Å²) in [5.74, 6) is -0.728. The molecule has 2 aliphatic heterocycles. The highest BCUT2D eigenvalue weighted by Gasteiger charge is 2.53. The Balaban J connectivity index is 1.55. The second-order valence-electron chi connectivity index (χ2n) is 7.29. The monoisotopic (exact) mass is 409 g/mol. The summed E-state index contributed by atoms with van der Waals surface area (Å²) < 4.78 is 24.6. The average molecular weight is 409 g/mol. The largest absolute Gasteiger partial charge is 0.497 e. The first-order valence-corrected chi connectivity index (χ1v) is 9.19. The van der Waals surface area contributed by atoms with Crippen molar-refractivity contribution in [1.82, 2.24) is 15.5 Å². The Morgan fingerprint density at radius 3 is 2.73 bits per heavy atom. The molecule has 0 bridgehead atoms. The van der Waals surface area contributed by atoms with Gasteiger partial charge >= 0.3 is 6.03 Å². The topological polar surface area (TPSA) is 101 Å². The number of methoxy groups -OCH3 is 1. The van der Waals surface area contributed by atoms with Crippen molar-refractivity contribution in [1.29, 1.82) is 0 Å². The third kappa shape index (κ3) is 2.62. The molecule has 152 valence electrons. The maximum Gasteiger partial charge on any atom is 0.322 e. The Morgan fingerprint density at radius 1 is 1.17 bits per heavy atom. The van der Waals surface area contributed by atoms with Crippen LogP contribution in [0.4, 0.5) is 9.18 Å². The maximum absolute atomic E-state index is 13.6. The molecule has 1 atom stereocenters. The Bertz CT molecular complexity index is 1240. The molecule has 0 spiro atoms. The molecule has 30 heavy (non-hydrogen) atoms. The zero-order valence-electron chi connectivity index (χ0n) is 15.8. The average Bonchev–Trinajstić information content (AvgIpc) is 3.36. The summed E-state index contributed by atoms with van der Waals surface area (Å²) >= 11 is 0. The van der Waals surface area contributed by atoms with Gasteiger partial charge in [-0.2, -0.15) is 0 Å². The van der Waals surface area contributed by atoms with E-state index in [1.807, 2.05) is 0 Å². The smallest absolute Gasteiger partial charge is 0.322 e. The van der Waals surface area contributed by atoms with Crippen molar-refractivity contribution in [3.8, 4) is 5.75 Å². The van der Waals surface area contributed by atoms with Gasteiger partial charge in [-0.25, -0.2) is 9.18 Å². The third-order valence-corrected chi connectivity index (χ3v) is 5.46. The predicted molar refractivity (Wildman–Crippen MR) is 102 cm³/mol. The number of hydrogen-bond donors (Lipinski definition) is 2. The van der Waals surface area contributed by atoms with Crippen LogP contribution in [0.15, 0.2) is 46.9 Å². The third-order valence-electron chi connectivity index (χ3n) is 5.46. The van der Waals surface area contributed by atoms with E-state index in [-0.39, 0.29) is 24.8 Å². The van der Waals surface area contributed by atoms with Crippen molar-refractivity contribution in [3.05, 3.63) is 65.2 Å². The van der Waals surface area contributed by atoms with Crippen LogP contribution in [0, 0.1) is 5.82 Å². The van der Waals surface area contributed by atoms with Gasteiger partial charge in [-0.15, -0.1) is 0 Å². The molecule has 2 N–H and O–H groups in total. The molecule has 5 rings (SSSR count). The molecule has 8 nitrogen and oxygen atoms in total. The van der Waals surface area contributed by atoms with E-state index in [0.717, 1.165) is 5.56 Å². The van der Waals surface area contributed by atoms with Crippen molar-refractivity contribution in [2.24, 2.45) is 0 Å². The lowest BCUT2D eigenvalue weighted by Crippen LogP contribution is -2.52. The molecule has 9 heteroatoms. The number of ether oxygens (including phenoxy) is 1. The molecule has 2 aliphatic rings. The molecule has 0 radical (unpaired) electrons. The number of urea groups is 1. The van der Waals surface area contributed by atoms with Crippen LogP contribution < -0.4 is 15.4 Å². The Morgan fingerprint density at radius 2 is 2.00 bits per heavy atom. The Labute approximate surface area is 169 Å². The zero-order valence-corrected chi connectivity index (χ0v) is 15.8. The molecular weight excluding hydrogens is 393 g/mol. The summed E-state index contributed by atoms with van der Waals surface area (Å²) in [6, 6.07) is 9.94. The molecule has 0 saturated carbocycles. The molecule has 1 aromatic heterocycles. The Kier molecular flexibility index (Phi) is 3.82. The predicted octanol–water partition coefficient (Wildman–Crippen LogP) is 2.27. The summed E-state index contributed by atoms with van der Waals surface area (Å²) in [6.07, 6.45) is 0. The van der Waals surface area contributed by atoms with Crippen molar-refractivity contribution in [3.63, 3.8) is 0 Å². The van der Waals surface area contributed by atoms with Crippen LogP contribution in [0.3, 0.4) is 0 Å². The van der Waals surface area contributed by atoms with Crippen molar-refractivity contribution in [2.45, 2.75) is 12.1 Å². The summed E-state index contributed by atoms with van der Waals surface area (Å²) in [7, 11) is 1.51. The van der Waals surface area contributed by atoms with Gasteiger partial charge in [0.1, 0.15) is 22.9 Å². The first kappa shape index (κ1) is 18.2. The number of hydrogen-bond acceptors (Lipinski definition) is 5. The number of rotatable bonds is 4. The number of furan rings is 1. The molecular formula is C21H16FN3O5. The quantitative estimate of drug-likeness (QED) is 0.644. The fourth-order valence-corrected chi connectivity index (χ4v) is 3.96. The van der Waals surface area contributed by atoms with Crippen molar-refractivity contribution >= 4 is 28.8 Å². The SMILES string of the molecule is COc1ccc2c(c1)C(=O)N(C[C@@]1(c3cc4cc(F)ccc4o3)NC(=O)NC1=O)C2. The van der Waals surface area contributed by atoms with E-state index in [4.69, 9.17) is 9.15 Å². The van der Waals surface area contributed by atoms with Crippen LogP contribution >= 0.6 is 0 Å². The lowest BCUT2D eigenvalue weighted by atomic mass is 9.95. The fraction of sp³-hybridized carbons (Fsp3) is 0.190. The van der Waals surface area contributed by atoms with E-state index in [2.05, 4.69) is 10.6 Å². The van der Waals surface area contributed by atoms with Crippen LogP contribution in [-0.4, -0.2) is 36.4 Å². The lowest BCUT2D eigenvalue weighted by Gasteiger charge is -2.29. The van der Waals surface area contributed by atoms with Crippen LogP contribution in [-0.2, 0) is 16.9 Å². The van der Waals surface area contributed by atoms with E-state index in [0.29, 0.717) is 22.3 Å². The van der Waals surface area contributed by atoms with Gasteiger partial charge in [-0.3, -0.25) is 14.9 Å². The molecule has 3 heterocycles. The summed E-state index contributed by atoms with van der Waals surface area (Å²) in [6.45, 7) is 0.112. The number of amides is 4. The minimum absolute atomic E-state index is 0.118. The van der Waals surface area contributed by atoms with Gasteiger partial charge < -0.3 is 19.4 Å². The standard InChI is InChI=1S/C21H16FN3O5/c1-29-14-4-2-11-9-25(18(26)15(11)8-14)10-21(19(27)23-20(28)24-21)17-7-12-6-13(22)3-5-16(12)30-17/h2-8H,9-10H2,1H3,(H2,23,24,27,28)/t21-/m0/s1. The number of imide groups is 1. The maximum atomic E-state index is 13.6. The molecule has 4 amide bonds. The molecule has 2 aromatic carbocycles. The normalized spacial score (nSPS) is 20.5. The van der Waals surface area contributed by atoms with Crippen molar-refractivity contribution in [2.75, 3.05) is 13.7 Å². The van der Waals surface area contributed by atoms with Gasteiger partial charge in [0.2, 0.25) is 0 Å². The second kappa shape index (κ2) is 6.31. The van der Waals surface area contributed by atoms with Gasteiger partial charge in [-0.05, 0) is 42.0 Å². The zero-order chi connectivity index (χ0) is 21.0. The van der Waals surface area contributed by atoms with Crippen LogP contribution in [0.5, 0.6) is 5.75 Å². The molecule has 0 unspecified atom stereocenters. The molecule has 3 aromatic rings. The van der Waals surface area contributed by atoms with Crippen molar-refractivity contribution < 1.29 is 27.9 Å². The molecule has 1 fully saturated rings. The van der Waals surface area contributed by atoms with E-state index in [1.165, 1.54) is 36.3 Å². The van der Waals surface area contributed by atoms with Crippen LogP contribution in [0.25, 0.3) is 11.0 Å². The van der Waals surface area contributed by atoms with Gasteiger partial charge in [0.25, 0.3) is 11.8 Å². The lowest BCUT2D eigenvalue weighted by molar-refractivity contribution is -0.125. The van der Waals surface area contributed by atoms with Gasteiger partial charge in [0.05, 0.1) is 13.7 Å². The number of halogens is 1. The molecule has 0 aliphatic carbocycles. The summed E-state index contributed by atoms with van der Waals surface area (Å²) in [4.78, 5) is 39.3. The number of nitrogens with zero attached hydrogens (tertiary/aromatic N) is 1. The minimum atomic E-state index is -1.63. The number of benzene rings is 2. The number of carbonyl (C=O) groups is 3. The van der Waals surface area contributed by atoms with Gasteiger partial charge in [0.15, 0.2) is 5.54 Å². The first-order valence-electron chi connectivity index (χ1n) is 9.19. The second-order valence-corrected chi connectivity index (χ2v) is 7.29. The van der Waals surface area contributed by atoms with E-state index < -0.39 is 23.3 Å². The number of nitrogens with one attached hydrogen (secondary N) is 2. The van der Waals surface area contributed by atoms with E-state index in [9.17, 15) is 18.8 Å². The summed E-state index contributed by atoms with van der Waals surface area (Å²) in [5, 5.41) is 5.25. The minimum Gasteiger partial charge on any atom is -0.497 e. The van der Waals surface area contributed by atoms with E-state index in [1.54, 1.807) is 18.2 Å². The Hall–Kier alpha value is -3.88. The van der Waals surface area contributed by atoms with Crippen LogP contribution in [0.2, 0.25) is 0 Å². The van der Waals surface area contributed by atoms with Gasteiger partial charge in [0, 0.05) is 17.5 Å². The number of fused-ring (bicyclic) bond motifs is 2. The van der Waals surface area contributed by atoms with Gasteiger partial charge in [-0.1, -0.05) is 6.07 Å². The number of carbonyl (C=O) groups excluding carboxylic acids is 3. The summed E-state index contributed by atoms with van der Waals surface area (Å²) in [5.41, 5.74) is -0.0114. The highest BCUT2D eigenvalue weighted by atomic mass is 19.1. The highest BCUT2D eigenvalue weighted by Crippen LogP contribution is 2.35. The fourth-order valence-electron chi connectivity index (χ4n) is 3.96. The first-order chi connectivity index (χ1) is 14.4. The highest BCUT2D eigenvalue weighted by molar-refractivity contribution is 6.08.